The maximum atomic E-state index is 12.0. The highest BCUT2D eigenvalue weighted by Crippen LogP contribution is 2.19. The fourth-order valence-corrected chi connectivity index (χ4v) is 2.91. The topological polar surface area (TPSA) is 55.4 Å². The summed E-state index contributed by atoms with van der Waals surface area (Å²) < 4.78 is 6.09. The van der Waals surface area contributed by atoms with Crippen LogP contribution in [0.2, 0.25) is 0 Å². The number of esters is 1. The van der Waals surface area contributed by atoms with E-state index in [1.165, 1.54) is 0 Å². The van der Waals surface area contributed by atoms with Crippen LogP contribution in [0.5, 0.6) is 0 Å². The van der Waals surface area contributed by atoms with E-state index in [2.05, 4.69) is 21.2 Å². The van der Waals surface area contributed by atoms with Gasteiger partial charge in [-0.15, -0.1) is 0 Å². The molecule has 0 aliphatic carbocycles. The monoisotopic (exact) mass is 397 g/mol. The van der Waals surface area contributed by atoms with Crippen molar-refractivity contribution >= 4 is 38.6 Å². The Morgan fingerprint density at radius 1 is 0.960 bits per heavy atom. The smallest absolute Gasteiger partial charge is 0.325 e. The van der Waals surface area contributed by atoms with Crippen LogP contribution >= 0.6 is 15.9 Å². The summed E-state index contributed by atoms with van der Waals surface area (Å²) in [5.41, 5.74) is 1.42. The first-order chi connectivity index (χ1) is 12.1. The lowest BCUT2D eigenvalue weighted by atomic mass is 10.1. The Morgan fingerprint density at radius 2 is 1.72 bits per heavy atom. The molecule has 3 aromatic carbocycles. The third-order valence-electron chi connectivity index (χ3n) is 3.75. The second kappa shape index (κ2) is 7.94. The van der Waals surface area contributed by atoms with Crippen molar-refractivity contribution in [2.75, 3.05) is 6.54 Å². The fourth-order valence-electron chi connectivity index (χ4n) is 2.51. The van der Waals surface area contributed by atoms with Crippen LogP contribution in [0.25, 0.3) is 10.8 Å². The molecule has 0 spiro atoms. The minimum Gasteiger partial charge on any atom is -0.459 e. The zero-order chi connectivity index (χ0) is 17.6. The lowest BCUT2D eigenvalue weighted by molar-refractivity contribution is -0.143. The van der Waals surface area contributed by atoms with Gasteiger partial charge in [-0.2, -0.15) is 0 Å². The quantitative estimate of drug-likeness (QED) is 0.660. The van der Waals surface area contributed by atoms with Crippen molar-refractivity contribution in [3.63, 3.8) is 0 Å². The Morgan fingerprint density at radius 3 is 2.56 bits per heavy atom. The van der Waals surface area contributed by atoms with Crippen molar-refractivity contribution in [1.82, 2.24) is 5.32 Å². The highest BCUT2D eigenvalue weighted by molar-refractivity contribution is 9.10. The molecule has 0 aliphatic heterocycles. The van der Waals surface area contributed by atoms with Gasteiger partial charge in [0.2, 0.25) is 0 Å². The zero-order valence-corrected chi connectivity index (χ0v) is 15.0. The van der Waals surface area contributed by atoms with Gasteiger partial charge in [0.1, 0.15) is 13.2 Å². The number of carbonyl (C=O) groups is 2. The van der Waals surface area contributed by atoms with Crippen LogP contribution < -0.4 is 5.32 Å². The summed E-state index contributed by atoms with van der Waals surface area (Å²) in [7, 11) is 0. The molecule has 0 saturated carbocycles. The molecule has 0 heterocycles. The first-order valence-electron chi connectivity index (χ1n) is 7.79. The largest absolute Gasteiger partial charge is 0.459 e. The van der Waals surface area contributed by atoms with Gasteiger partial charge in [-0.3, -0.25) is 9.59 Å². The first-order valence-corrected chi connectivity index (χ1v) is 8.59. The maximum Gasteiger partial charge on any atom is 0.325 e. The highest BCUT2D eigenvalue weighted by atomic mass is 79.9. The number of carbonyl (C=O) groups excluding carboxylic acids is 2. The van der Waals surface area contributed by atoms with Gasteiger partial charge in [0.25, 0.3) is 5.91 Å². The maximum absolute atomic E-state index is 12.0. The summed E-state index contributed by atoms with van der Waals surface area (Å²) in [6, 6.07) is 20.8. The van der Waals surface area contributed by atoms with Crippen LogP contribution in [0, 0.1) is 0 Å². The summed E-state index contributed by atoms with van der Waals surface area (Å²) in [4.78, 5) is 23.9. The van der Waals surface area contributed by atoms with Gasteiger partial charge in [-0.25, -0.2) is 0 Å². The summed E-state index contributed by atoms with van der Waals surface area (Å²) in [5, 5.41) is 4.71. The van der Waals surface area contributed by atoms with Crippen molar-refractivity contribution < 1.29 is 14.3 Å². The predicted octanol–water partition coefficient (Wildman–Crippen LogP) is 4.08. The molecule has 0 fully saturated rings. The highest BCUT2D eigenvalue weighted by Gasteiger charge is 2.10. The van der Waals surface area contributed by atoms with Gasteiger partial charge < -0.3 is 10.1 Å². The Labute approximate surface area is 153 Å². The van der Waals surface area contributed by atoms with Crippen molar-refractivity contribution in [1.29, 1.82) is 0 Å². The minimum atomic E-state index is -0.476. The molecule has 5 heteroatoms. The van der Waals surface area contributed by atoms with Crippen LogP contribution in [-0.4, -0.2) is 18.4 Å². The van der Waals surface area contributed by atoms with Crippen molar-refractivity contribution in [3.05, 3.63) is 82.3 Å². The first kappa shape index (κ1) is 17.2. The fraction of sp³-hybridized carbons (Fsp3) is 0.100. The number of benzene rings is 3. The van der Waals surface area contributed by atoms with E-state index in [1.807, 2.05) is 48.5 Å². The normalized spacial score (nSPS) is 10.4. The van der Waals surface area contributed by atoms with Gasteiger partial charge in [-0.05, 0) is 34.5 Å². The molecule has 0 atom stereocenters. The summed E-state index contributed by atoms with van der Waals surface area (Å²) in [6.07, 6.45) is 0. The molecule has 1 N–H and O–H groups in total. The number of hydrogen-bond acceptors (Lipinski definition) is 3. The van der Waals surface area contributed by atoms with Crippen molar-refractivity contribution in [2.45, 2.75) is 6.61 Å². The van der Waals surface area contributed by atoms with E-state index in [-0.39, 0.29) is 19.1 Å². The van der Waals surface area contributed by atoms with E-state index in [4.69, 9.17) is 4.74 Å². The Kier molecular flexibility index (Phi) is 5.46. The number of hydrogen-bond donors (Lipinski definition) is 1. The molecular formula is C20H16BrNO3. The predicted molar refractivity (Wildman–Crippen MR) is 100 cm³/mol. The molecule has 4 nitrogen and oxygen atoms in total. The molecule has 126 valence electrons. The number of fused-ring (bicyclic) bond motifs is 1. The molecule has 0 bridgehead atoms. The molecule has 25 heavy (non-hydrogen) atoms. The summed E-state index contributed by atoms with van der Waals surface area (Å²) in [5.74, 6) is -0.792. The zero-order valence-electron chi connectivity index (χ0n) is 13.4. The second-order valence-corrected chi connectivity index (χ2v) is 6.41. The molecule has 0 unspecified atom stereocenters. The Balaban J connectivity index is 1.55. The van der Waals surface area contributed by atoms with Crippen LogP contribution in [0.15, 0.2) is 71.2 Å². The average molecular weight is 398 g/mol. The van der Waals surface area contributed by atoms with Gasteiger partial charge in [0.05, 0.1) is 0 Å². The Bertz CT molecular complexity index is 918. The van der Waals surface area contributed by atoms with Crippen LogP contribution in [0.4, 0.5) is 0 Å². The summed E-state index contributed by atoms with van der Waals surface area (Å²) in [6.45, 7) is 0.00303. The average Bonchev–Trinajstić information content (AvgIpc) is 2.64. The van der Waals surface area contributed by atoms with E-state index in [1.54, 1.807) is 18.2 Å². The van der Waals surface area contributed by atoms with Crippen LogP contribution in [0.1, 0.15) is 15.9 Å². The molecule has 0 aliphatic rings. The third-order valence-corrected chi connectivity index (χ3v) is 4.24. The van der Waals surface area contributed by atoms with Gasteiger partial charge in [0.15, 0.2) is 0 Å². The molecule has 0 radical (unpaired) electrons. The molecule has 1 amide bonds. The second-order valence-electron chi connectivity index (χ2n) is 5.49. The number of rotatable bonds is 5. The molecule has 3 aromatic rings. The van der Waals surface area contributed by atoms with Crippen molar-refractivity contribution in [3.8, 4) is 0 Å². The number of amides is 1. The lowest BCUT2D eigenvalue weighted by Crippen LogP contribution is -2.30. The van der Waals surface area contributed by atoms with Crippen LogP contribution in [-0.2, 0) is 16.1 Å². The van der Waals surface area contributed by atoms with E-state index < -0.39 is 5.97 Å². The van der Waals surface area contributed by atoms with Crippen LogP contribution in [0.3, 0.4) is 0 Å². The van der Waals surface area contributed by atoms with Gasteiger partial charge >= 0.3 is 5.97 Å². The van der Waals surface area contributed by atoms with E-state index in [0.29, 0.717) is 5.56 Å². The van der Waals surface area contributed by atoms with E-state index >= 15 is 0 Å². The molecule has 3 rings (SSSR count). The molecule has 0 saturated heterocycles. The lowest BCUT2D eigenvalue weighted by Gasteiger charge is -2.09. The SMILES string of the molecule is O=C(CNC(=O)c1cccc(Br)c1)OCc1cccc2ccccc12. The van der Waals surface area contributed by atoms with E-state index in [0.717, 1.165) is 20.8 Å². The van der Waals surface area contributed by atoms with Gasteiger partial charge in [0, 0.05) is 10.0 Å². The molecular weight excluding hydrogens is 382 g/mol. The van der Waals surface area contributed by atoms with E-state index in [9.17, 15) is 9.59 Å². The van der Waals surface area contributed by atoms with Gasteiger partial charge in [-0.1, -0.05) is 64.5 Å². The summed E-state index contributed by atoms with van der Waals surface area (Å²) >= 11 is 3.31. The number of halogens is 1. The van der Waals surface area contributed by atoms with Crippen molar-refractivity contribution in [2.24, 2.45) is 0 Å². The Hall–Kier alpha value is -2.66. The minimum absolute atomic E-state index is 0.171. The third kappa shape index (κ3) is 4.45. The number of nitrogens with one attached hydrogen (secondary N) is 1. The number of ether oxygens (including phenoxy) is 1. The molecule has 0 aromatic heterocycles. The standard InChI is InChI=1S/C20H16BrNO3/c21-17-9-4-7-15(11-17)20(24)22-12-19(23)25-13-16-8-3-6-14-5-1-2-10-18(14)16/h1-11H,12-13H2,(H,22,24).